The normalized spacial score (nSPS) is 24.4. The van der Waals surface area contributed by atoms with Crippen LogP contribution in [-0.4, -0.2) is 43.5 Å². The van der Waals surface area contributed by atoms with Crippen LogP contribution in [0.3, 0.4) is 0 Å². The molecule has 0 aromatic heterocycles. The number of likely N-dealkylation sites (N-methyl/N-ethyl adjacent to an activating group) is 2. The topological polar surface area (TPSA) is 44.4 Å². The van der Waals surface area contributed by atoms with E-state index >= 15 is 4.39 Å². The molecule has 2 aromatic rings. The van der Waals surface area contributed by atoms with Gasteiger partial charge in [-0.2, -0.15) is 0 Å². The van der Waals surface area contributed by atoms with E-state index in [2.05, 4.69) is 67.3 Å². The van der Waals surface area contributed by atoms with Gasteiger partial charge in [0, 0.05) is 31.4 Å². The molecule has 2 aliphatic carbocycles. The molecule has 1 amide bonds. The Bertz CT molecular complexity index is 1290. The third kappa shape index (κ3) is 6.11. The molecule has 0 bridgehead atoms. The van der Waals surface area contributed by atoms with Crippen molar-refractivity contribution < 1.29 is 9.18 Å². The fourth-order valence-electron chi connectivity index (χ4n) is 7.49. The van der Waals surface area contributed by atoms with Crippen molar-refractivity contribution in [3.05, 3.63) is 71.2 Å². The van der Waals surface area contributed by atoms with Crippen molar-refractivity contribution in [1.29, 1.82) is 0 Å². The monoisotopic (exact) mass is 559 g/mol. The number of rotatable bonds is 10. The lowest BCUT2D eigenvalue weighted by molar-refractivity contribution is -0.125. The Balaban J connectivity index is 1.31. The Labute approximate surface area is 247 Å². The quantitative estimate of drug-likeness (QED) is 0.320. The van der Waals surface area contributed by atoms with E-state index in [1.54, 1.807) is 13.1 Å². The standard InChI is InChI=1S/C36H50FN3O/c1-23(32-21-35(2,3)22-40(32)7)39-28-18-24(19-28)14-15-25-16-17-27(36(4,5)34(41)38-6)20-30(25)29-12-9-13-31(37)33(29)26-10-8-11-26/h9,12-13,16-17,20,24,26,28,32,39H,1,8,10-11,14-15,18-19,21-22H2,2-7H3,(H,38,41)/t24?,28?,32-/m0/s1. The van der Waals surface area contributed by atoms with E-state index in [0.717, 1.165) is 67.3 Å². The van der Waals surface area contributed by atoms with Gasteiger partial charge < -0.3 is 10.6 Å². The molecule has 2 aromatic carbocycles. The molecule has 1 aliphatic heterocycles. The number of carbonyl (C=O) groups excluding carboxylic acids is 1. The summed E-state index contributed by atoms with van der Waals surface area (Å²) in [6.07, 6.45) is 8.81. The molecule has 2 N–H and O–H groups in total. The lowest BCUT2D eigenvalue weighted by atomic mass is 9.74. The number of benzene rings is 2. The molecular weight excluding hydrogens is 509 g/mol. The van der Waals surface area contributed by atoms with Crippen LogP contribution in [0.25, 0.3) is 11.1 Å². The molecule has 1 heterocycles. The van der Waals surface area contributed by atoms with E-state index in [0.29, 0.717) is 23.4 Å². The lowest BCUT2D eigenvalue weighted by Crippen LogP contribution is -2.44. The second kappa shape index (κ2) is 11.6. The summed E-state index contributed by atoms with van der Waals surface area (Å²) in [5.74, 6) is 0.840. The zero-order chi connectivity index (χ0) is 29.5. The van der Waals surface area contributed by atoms with Gasteiger partial charge in [0.1, 0.15) is 5.82 Å². The molecule has 222 valence electrons. The number of aryl methyl sites for hydroxylation is 1. The fourth-order valence-corrected chi connectivity index (χ4v) is 7.49. The summed E-state index contributed by atoms with van der Waals surface area (Å²) in [7, 11) is 3.90. The molecule has 1 saturated heterocycles. The first kappa shape index (κ1) is 29.8. The first-order valence-corrected chi connectivity index (χ1v) is 15.7. The number of halogens is 1. The summed E-state index contributed by atoms with van der Waals surface area (Å²) in [6.45, 7) is 14.1. The van der Waals surface area contributed by atoms with Crippen LogP contribution in [0, 0.1) is 17.2 Å². The summed E-state index contributed by atoms with van der Waals surface area (Å²) >= 11 is 0. The Morgan fingerprint density at radius 2 is 1.88 bits per heavy atom. The van der Waals surface area contributed by atoms with Crippen molar-refractivity contribution in [2.24, 2.45) is 11.3 Å². The molecule has 1 atom stereocenters. The summed E-state index contributed by atoms with van der Waals surface area (Å²) in [5.41, 5.74) is 6.02. The number of likely N-dealkylation sites (tertiary alicyclic amines) is 1. The highest BCUT2D eigenvalue weighted by Crippen LogP contribution is 2.44. The molecule has 0 spiro atoms. The molecule has 0 radical (unpaired) electrons. The highest BCUT2D eigenvalue weighted by Gasteiger charge is 2.38. The van der Waals surface area contributed by atoms with Crippen LogP contribution in [0.1, 0.15) is 95.2 Å². The van der Waals surface area contributed by atoms with Gasteiger partial charge in [0.15, 0.2) is 0 Å². The first-order chi connectivity index (χ1) is 19.4. The molecule has 5 rings (SSSR count). The summed E-state index contributed by atoms with van der Waals surface area (Å²) < 4.78 is 15.3. The van der Waals surface area contributed by atoms with Crippen molar-refractivity contribution in [2.75, 3.05) is 20.6 Å². The minimum atomic E-state index is -0.677. The largest absolute Gasteiger partial charge is 0.385 e. The van der Waals surface area contributed by atoms with Crippen molar-refractivity contribution in [3.8, 4) is 11.1 Å². The third-order valence-corrected chi connectivity index (χ3v) is 10.3. The van der Waals surface area contributed by atoms with Gasteiger partial charge in [0.2, 0.25) is 5.91 Å². The van der Waals surface area contributed by atoms with Crippen molar-refractivity contribution >= 4 is 5.91 Å². The smallest absolute Gasteiger partial charge is 0.229 e. The Morgan fingerprint density at radius 1 is 1.15 bits per heavy atom. The number of hydrogen-bond donors (Lipinski definition) is 2. The SMILES string of the molecule is C=C(NC1CC(CCc2ccc(C(C)(C)C(=O)NC)cc2-c2cccc(F)c2C2CCC2)C1)[C@@H]1CC(C)(C)CN1C. The number of carbonyl (C=O) groups is 1. The minimum absolute atomic E-state index is 0.0170. The number of nitrogens with zero attached hydrogens (tertiary/aromatic N) is 1. The van der Waals surface area contributed by atoms with E-state index in [4.69, 9.17) is 0 Å². The van der Waals surface area contributed by atoms with Crippen LogP contribution in [-0.2, 0) is 16.6 Å². The lowest BCUT2D eigenvalue weighted by Gasteiger charge is -2.39. The van der Waals surface area contributed by atoms with Gasteiger partial charge in [-0.25, -0.2) is 4.39 Å². The Kier molecular flexibility index (Phi) is 8.40. The maximum absolute atomic E-state index is 15.3. The molecule has 4 nitrogen and oxygen atoms in total. The zero-order valence-corrected chi connectivity index (χ0v) is 26.1. The Morgan fingerprint density at radius 3 is 2.49 bits per heavy atom. The zero-order valence-electron chi connectivity index (χ0n) is 26.1. The number of hydrogen-bond acceptors (Lipinski definition) is 3. The average molecular weight is 560 g/mol. The third-order valence-electron chi connectivity index (χ3n) is 10.3. The highest BCUT2D eigenvalue weighted by atomic mass is 19.1. The van der Waals surface area contributed by atoms with Gasteiger partial charge >= 0.3 is 0 Å². The molecule has 2 saturated carbocycles. The average Bonchev–Trinajstić information content (AvgIpc) is 3.16. The van der Waals surface area contributed by atoms with Gasteiger partial charge in [-0.3, -0.25) is 9.69 Å². The Hall–Kier alpha value is -2.66. The van der Waals surface area contributed by atoms with Crippen LogP contribution in [0.4, 0.5) is 4.39 Å². The maximum atomic E-state index is 15.3. The second-order valence-corrected chi connectivity index (χ2v) is 14.4. The minimum Gasteiger partial charge on any atom is -0.385 e. The van der Waals surface area contributed by atoms with Crippen LogP contribution in [0.5, 0.6) is 0 Å². The van der Waals surface area contributed by atoms with Crippen LogP contribution < -0.4 is 10.6 Å². The van der Waals surface area contributed by atoms with Gasteiger partial charge in [-0.1, -0.05) is 51.1 Å². The van der Waals surface area contributed by atoms with Gasteiger partial charge in [-0.15, -0.1) is 0 Å². The molecular formula is C36H50FN3O. The molecule has 41 heavy (non-hydrogen) atoms. The predicted molar refractivity (Wildman–Crippen MR) is 167 cm³/mol. The van der Waals surface area contributed by atoms with E-state index in [1.165, 1.54) is 24.1 Å². The summed E-state index contributed by atoms with van der Waals surface area (Å²) in [6, 6.07) is 12.9. The van der Waals surface area contributed by atoms with Crippen molar-refractivity contribution in [2.45, 2.75) is 102 Å². The van der Waals surface area contributed by atoms with Crippen LogP contribution in [0.2, 0.25) is 0 Å². The van der Waals surface area contributed by atoms with Crippen LogP contribution in [0.15, 0.2) is 48.7 Å². The van der Waals surface area contributed by atoms with E-state index < -0.39 is 5.41 Å². The number of amides is 1. The summed E-state index contributed by atoms with van der Waals surface area (Å²) in [5, 5.41) is 6.57. The highest BCUT2D eigenvalue weighted by molar-refractivity contribution is 5.88. The van der Waals surface area contributed by atoms with Crippen LogP contribution >= 0.6 is 0 Å². The molecule has 3 aliphatic rings. The van der Waals surface area contributed by atoms with Crippen molar-refractivity contribution in [3.63, 3.8) is 0 Å². The molecule has 3 fully saturated rings. The second-order valence-electron chi connectivity index (χ2n) is 14.4. The molecule has 5 heteroatoms. The van der Waals surface area contributed by atoms with E-state index in [-0.39, 0.29) is 17.6 Å². The van der Waals surface area contributed by atoms with Gasteiger partial charge in [0.05, 0.1) is 5.41 Å². The molecule has 0 unspecified atom stereocenters. The fraction of sp³-hybridized carbons (Fsp3) is 0.583. The van der Waals surface area contributed by atoms with E-state index in [1.807, 2.05) is 19.9 Å². The maximum Gasteiger partial charge on any atom is 0.229 e. The van der Waals surface area contributed by atoms with Crippen molar-refractivity contribution in [1.82, 2.24) is 15.5 Å². The van der Waals surface area contributed by atoms with E-state index in [9.17, 15) is 4.79 Å². The van der Waals surface area contributed by atoms with Gasteiger partial charge in [-0.05, 0) is 123 Å². The predicted octanol–water partition coefficient (Wildman–Crippen LogP) is 7.33. The summed E-state index contributed by atoms with van der Waals surface area (Å²) in [4.78, 5) is 15.2. The first-order valence-electron chi connectivity index (χ1n) is 15.7. The number of nitrogens with one attached hydrogen (secondary N) is 2. The van der Waals surface area contributed by atoms with Gasteiger partial charge in [0.25, 0.3) is 0 Å².